The first-order valence-electron chi connectivity index (χ1n) is 32.3. The van der Waals surface area contributed by atoms with E-state index in [0.29, 0.717) is 19.3 Å². The summed E-state index contributed by atoms with van der Waals surface area (Å²) in [5, 5.41) is 0. The second-order valence-corrected chi connectivity index (χ2v) is 20.9. The van der Waals surface area contributed by atoms with E-state index < -0.39 is 6.10 Å². The lowest BCUT2D eigenvalue weighted by molar-refractivity contribution is -0.167. The molecule has 1 atom stereocenters. The third-order valence-corrected chi connectivity index (χ3v) is 13.3. The van der Waals surface area contributed by atoms with Gasteiger partial charge < -0.3 is 14.2 Å². The van der Waals surface area contributed by atoms with Crippen molar-refractivity contribution in [3.8, 4) is 0 Å². The quantitative estimate of drug-likeness (QED) is 0.0261. The smallest absolute Gasteiger partial charge is 0.306 e. The van der Waals surface area contributed by atoms with Gasteiger partial charge in [-0.05, 0) is 141 Å². The Labute approximate surface area is 487 Å². The summed E-state index contributed by atoms with van der Waals surface area (Å²) in [5.74, 6) is -0.944. The number of esters is 3. The molecule has 0 aliphatic carbocycles. The summed E-state index contributed by atoms with van der Waals surface area (Å²) in [6.45, 7) is 6.38. The van der Waals surface area contributed by atoms with Crippen LogP contribution in [0, 0.1) is 0 Å². The van der Waals surface area contributed by atoms with Gasteiger partial charge in [0, 0.05) is 19.3 Å². The molecule has 0 radical (unpaired) electrons. The van der Waals surface area contributed by atoms with Crippen molar-refractivity contribution >= 4 is 17.9 Å². The highest BCUT2D eigenvalue weighted by Gasteiger charge is 2.19. The first-order valence-corrected chi connectivity index (χ1v) is 32.3. The van der Waals surface area contributed by atoms with Crippen LogP contribution >= 0.6 is 0 Å². The number of hydrogen-bond donors (Lipinski definition) is 0. The fourth-order valence-electron chi connectivity index (χ4n) is 8.53. The second-order valence-electron chi connectivity index (χ2n) is 20.9. The van der Waals surface area contributed by atoms with Crippen LogP contribution in [-0.2, 0) is 28.6 Å². The molecule has 0 aliphatic rings. The van der Waals surface area contributed by atoms with Gasteiger partial charge in [0.15, 0.2) is 6.10 Å². The highest BCUT2D eigenvalue weighted by molar-refractivity contribution is 5.71. The Morgan fingerprint density at radius 1 is 0.266 bits per heavy atom. The zero-order valence-corrected chi connectivity index (χ0v) is 51.1. The lowest BCUT2D eigenvalue weighted by atomic mass is 10.1. The summed E-state index contributed by atoms with van der Waals surface area (Å²) in [7, 11) is 0. The molecule has 0 heterocycles. The Kier molecular flexibility index (Phi) is 61.9. The van der Waals surface area contributed by atoms with Crippen LogP contribution in [0.3, 0.4) is 0 Å². The highest BCUT2D eigenvalue weighted by atomic mass is 16.6. The number of rotatable bonds is 57. The van der Waals surface area contributed by atoms with Crippen LogP contribution in [-0.4, -0.2) is 37.2 Å². The summed E-state index contributed by atoms with van der Waals surface area (Å²) in [5.41, 5.74) is 0. The highest BCUT2D eigenvalue weighted by Crippen LogP contribution is 2.14. The van der Waals surface area contributed by atoms with Crippen LogP contribution in [0.2, 0.25) is 0 Å². The van der Waals surface area contributed by atoms with Crippen molar-refractivity contribution in [2.45, 2.75) is 284 Å². The van der Waals surface area contributed by atoms with Crippen molar-refractivity contribution in [3.63, 3.8) is 0 Å². The Morgan fingerprint density at radius 3 is 0.785 bits per heavy atom. The molecule has 0 aromatic carbocycles. The molecule has 79 heavy (non-hydrogen) atoms. The summed E-state index contributed by atoms with van der Waals surface area (Å²) >= 11 is 0. The molecule has 0 saturated carbocycles. The van der Waals surface area contributed by atoms with Gasteiger partial charge in [0.1, 0.15) is 13.2 Å². The van der Waals surface area contributed by atoms with E-state index in [1.54, 1.807) is 0 Å². The van der Waals surface area contributed by atoms with E-state index in [0.717, 1.165) is 167 Å². The molecular weight excluding hydrogens is 973 g/mol. The first kappa shape index (κ1) is 74.3. The lowest BCUT2D eigenvalue weighted by Crippen LogP contribution is -2.30. The van der Waals surface area contributed by atoms with Crippen molar-refractivity contribution in [2.24, 2.45) is 0 Å². The fraction of sp³-hybridized carbons (Fsp3) is 0.630. The lowest BCUT2D eigenvalue weighted by Gasteiger charge is -2.18. The number of carbonyl (C=O) groups is 3. The Hall–Kier alpha value is -4.71. The molecule has 0 saturated heterocycles. The third-order valence-electron chi connectivity index (χ3n) is 13.3. The van der Waals surface area contributed by atoms with Gasteiger partial charge in [-0.3, -0.25) is 14.4 Å². The van der Waals surface area contributed by atoms with E-state index in [2.05, 4.69) is 167 Å². The van der Waals surface area contributed by atoms with Crippen molar-refractivity contribution in [1.82, 2.24) is 0 Å². The first-order chi connectivity index (χ1) is 39.0. The summed E-state index contributed by atoms with van der Waals surface area (Å²) in [6, 6.07) is 0. The summed E-state index contributed by atoms with van der Waals surface area (Å²) in [6.07, 6.45) is 94.1. The Morgan fingerprint density at radius 2 is 0.494 bits per heavy atom. The predicted octanol–water partition coefficient (Wildman–Crippen LogP) is 22.3. The average molecular weight is 1090 g/mol. The number of unbranched alkanes of at least 4 members (excludes halogenated alkanes) is 22. The molecule has 0 spiro atoms. The van der Waals surface area contributed by atoms with Crippen LogP contribution in [0.1, 0.15) is 278 Å². The Bertz CT molecular complexity index is 1730. The fourth-order valence-corrected chi connectivity index (χ4v) is 8.53. The minimum absolute atomic E-state index is 0.100. The monoisotopic (exact) mass is 1090 g/mol. The normalized spacial score (nSPS) is 13.1. The summed E-state index contributed by atoms with van der Waals surface area (Å²) < 4.78 is 16.9. The molecule has 446 valence electrons. The number of hydrogen-bond acceptors (Lipinski definition) is 6. The molecule has 0 aromatic heterocycles. The number of carbonyl (C=O) groups excluding carboxylic acids is 3. The maximum absolute atomic E-state index is 12.9. The van der Waals surface area contributed by atoms with E-state index >= 15 is 0 Å². The largest absolute Gasteiger partial charge is 0.462 e. The zero-order valence-electron chi connectivity index (χ0n) is 51.1. The van der Waals surface area contributed by atoms with Crippen molar-refractivity contribution < 1.29 is 28.6 Å². The molecular formula is C73H118O6. The molecule has 6 nitrogen and oxygen atoms in total. The zero-order chi connectivity index (χ0) is 57.1. The Balaban J connectivity index is 4.48. The van der Waals surface area contributed by atoms with E-state index in [1.165, 1.54) is 70.6 Å². The van der Waals surface area contributed by atoms with Crippen LogP contribution in [0.25, 0.3) is 0 Å². The minimum Gasteiger partial charge on any atom is -0.462 e. The molecule has 0 aliphatic heterocycles. The molecule has 0 amide bonds. The van der Waals surface area contributed by atoms with Gasteiger partial charge in [-0.25, -0.2) is 0 Å². The van der Waals surface area contributed by atoms with Crippen molar-refractivity contribution in [2.75, 3.05) is 13.2 Å². The molecule has 1 unspecified atom stereocenters. The van der Waals surface area contributed by atoms with Crippen LogP contribution in [0.5, 0.6) is 0 Å². The molecule has 0 fully saturated rings. The van der Waals surface area contributed by atoms with E-state index in [9.17, 15) is 14.4 Å². The van der Waals surface area contributed by atoms with Gasteiger partial charge in [0.25, 0.3) is 0 Å². The maximum Gasteiger partial charge on any atom is 0.306 e. The standard InChI is InChI=1S/C73H118O6/c1-4-7-10-13-16-19-22-25-28-30-32-34-36-38-40-42-45-48-51-54-57-60-63-66-72(75)78-69-70(68-77-71(74)65-62-59-56-53-50-47-44-27-24-21-18-15-12-9-6-3)79-73(76)67-64-61-58-55-52-49-46-43-41-39-37-35-33-31-29-26-23-20-17-14-11-8-5-2/h7-8,10-11,16-17,19-20,25-29,32-35,38-41,44-45,48,70H,4-6,9,12-15,18,21-24,30-31,36-37,42-43,46-47,49-69H2,1-3H3/b10-7-,11-8-,19-16-,20-17-,28-25-,29-26-,34-32-,35-33-,40-38-,41-39-,44-27-,48-45-. The molecule has 0 rings (SSSR count). The number of ether oxygens (including phenoxy) is 3. The number of allylic oxidation sites excluding steroid dienone is 24. The van der Waals surface area contributed by atoms with Crippen LogP contribution in [0.15, 0.2) is 146 Å². The van der Waals surface area contributed by atoms with Gasteiger partial charge in [-0.15, -0.1) is 0 Å². The minimum atomic E-state index is -0.807. The van der Waals surface area contributed by atoms with Gasteiger partial charge >= 0.3 is 17.9 Å². The van der Waals surface area contributed by atoms with E-state index in [1.807, 2.05) is 0 Å². The SMILES string of the molecule is CC/C=C\C/C=C\C/C=C\C/C=C\C/C=C\C/C=C\CCCCCCC(=O)OCC(COC(=O)CCCCCCC/C=C\CCCCCCCC)OC(=O)CCCCCCCCC/C=C\C/C=C\C/C=C\C/C=C\C/C=C\CC. The average Bonchev–Trinajstić information content (AvgIpc) is 3.45. The van der Waals surface area contributed by atoms with Crippen LogP contribution in [0.4, 0.5) is 0 Å². The van der Waals surface area contributed by atoms with Gasteiger partial charge in [-0.2, -0.15) is 0 Å². The van der Waals surface area contributed by atoms with Gasteiger partial charge in [0.2, 0.25) is 0 Å². The molecule has 6 heteroatoms. The van der Waals surface area contributed by atoms with Gasteiger partial charge in [-0.1, -0.05) is 263 Å². The van der Waals surface area contributed by atoms with E-state index in [4.69, 9.17) is 14.2 Å². The summed E-state index contributed by atoms with van der Waals surface area (Å²) in [4.78, 5) is 38.4. The molecule has 0 bridgehead atoms. The molecule has 0 N–H and O–H groups in total. The molecule has 0 aromatic rings. The predicted molar refractivity (Wildman–Crippen MR) is 343 cm³/mol. The maximum atomic E-state index is 12.9. The second kappa shape index (κ2) is 65.8. The third kappa shape index (κ3) is 64.0. The topological polar surface area (TPSA) is 78.9 Å². The van der Waals surface area contributed by atoms with Crippen LogP contribution < -0.4 is 0 Å². The van der Waals surface area contributed by atoms with E-state index in [-0.39, 0.29) is 31.1 Å². The van der Waals surface area contributed by atoms with Crippen molar-refractivity contribution in [1.29, 1.82) is 0 Å². The van der Waals surface area contributed by atoms with Gasteiger partial charge in [0.05, 0.1) is 0 Å². The van der Waals surface area contributed by atoms with Crippen molar-refractivity contribution in [3.05, 3.63) is 146 Å².